The van der Waals surface area contributed by atoms with Gasteiger partial charge in [-0.1, -0.05) is 50.6 Å². The number of rotatable bonds is 12. The Morgan fingerprint density at radius 2 is 1.82 bits per heavy atom. The van der Waals surface area contributed by atoms with Crippen LogP contribution < -0.4 is 0 Å². The third kappa shape index (κ3) is 5.46. The molecule has 1 N–H and O–H groups in total. The molecule has 0 spiro atoms. The smallest absolute Gasteiger partial charge is 0.355 e. The first kappa shape index (κ1) is 24.5. The fourth-order valence-corrected chi connectivity index (χ4v) is 3.83. The summed E-state index contributed by atoms with van der Waals surface area (Å²) in [6.07, 6.45) is 5.85. The molecule has 2 aromatic heterocycles. The van der Waals surface area contributed by atoms with Crippen molar-refractivity contribution in [1.82, 2.24) is 19.7 Å². The molecular weight excluding hydrogens is 420 g/mol. The Kier molecular flexibility index (Phi) is 8.30. The summed E-state index contributed by atoms with van der Waals surface area (Å²) in [7, 11) is 3.25. The Morgan fingerprint density at radius 3 is 2.42 bits per heavy atom. The van der Waals surface area contributed by atoms with Crippen molar-refractivity contribution in [3.63, 3.8) is 0 Å². The number of carbonyl (C=O) groups is 1. The van der Waals surface area contributed by atoms with Crippen LogP contribution in [0.5, 0.6) is 0 Å². The minimum absolute atomic E-state index is 0.0407. The highest BCUT2D eigenvalue weighted by Crippen LogP contribution is 2.30. The van der Waals surface area contributed by atoms with Crippen molar-refractivity contribution in [1.29, 1.82) is 0 Å². The van der Waals surface area contributed by atoms with Gasteiger partial charge in [0, 0.05) is 38.8 Å². The fraction of sp³-hybridized carbons (Fsp3) is 0.440. The second kappa shape index (κ2) is 11.2. The van der Waals surface area contributed by atoms with Gasteiger partial charge in [-0.3, -0.25) is 0 Å². The molecular formula is C25H32N4O4. The number of nitrogens with zero attached hydrogens (tertiary/aromatic N) is 4. The van der Waals surface area contributed by atoms with E-state index in [-0.39, 0.29) is 5.69 Å². The number of aromatic nitrogens is 4. The topological polar surface area (TPSA) is 99.4 Å². The molecule has 33 heavy (non-hydrogen) atoms. The maximum atomic E-state index is 11.5. The molecule has 1 aromatic carbocycles. The van der Waals surface area contributed by atoms with Gasteiger partial charge in [0.05, 0.1) is 6.54 Å². The predicted molar refractivity (Wildman–Crippen MR) is 125 cm³/mol. The zero-order chi connectivity index (χ0) is 23.8. The fourth-order valence-electron chi connectivity index (χ4n) is 3.83. The predicted octanol–water partition coefficient (Wildman–Crippen LogP) is 4.67. The summed E-state index contributed by atoms with van der Waals surface area (Å²) in [6.45, 7) is 4.77. The highest BCUT2D eigenvalue weighted by atomic mass is 16.7. The van der Waals surface area contributed by atoms with Gasteiger partial charge in [0.25, 0.3) is 0 Å². The maximum Gasteiger partial charge on any atom is 0.355 e. The zero-order valence-electron chi connectivity index (χ0n) is 19.7. The monoisotopic (exact) mass is 452 g/mol. The number of carboxylic acids is 1. The van der Waals surface area contributed by atoms with Gasteiger partial charge in [0.1, 0.15) is 5.82 Å². The lowest BCUT2D eigenvalue weighted by molar-refractivity contribution is -0.226. The summed E-state index contributed by atoms with van der Waals surface area (Å²) in [5, 5.41) is 14.2. The molecule has 0 aliphatic heterocycles. The highest BCUT2D eigenvalue weighted by molar-refractivity contribution is 5.93. The van der Waals surface area contributed by atoms with Crippen molar-refractivity contribution >= 4 is 5.97 Å². The van der Waals surface area contributed by atoms with E-state index >= 15 is 0 Å². The SMILES string of the molecule is CCCCC(OC)(OC)c1nc(CCC)n(Cc2ccc(-c3cccnc3C(=O)O)cc2)n1. The summed E-state index contributed by atoms with van der Waals surface area (Å²) in [4.78, 5) is 20.3. The molecule has 0 aliphatic carbocycles. The molecule has 8 heteroatoms. The van der Waals surface area contributed by atoms with Gasteiger partial charge in [-0.15, -0.1) is 5.10 Å². The minimum atomic E-state index is -1.04. The molecule has 0 atom stereocenters. The van der Waals surface area contributed by atoms with Crippen molar-refractivity contribution in [2.45, 2.75) is 58.3 Å². The van der Waals surface area contributed by atoms with Crippen molar-refractivity contribution < 1.29 is 19.4 Å². The van der Waals surface area contributed by atoms with E-state index in [9.17, 15) is 9.90 Å². The molecule has 0 bridgehead atoms. The van der Waals surface area contributed by atoms with Gasteiger partial charge < -0.3 is 14.6 Å². The lowest BCUT2D eigenvalue weighted by Crippen LogP contribution is -2.32. The van der Waals surface area contributed by atoms with Crippen molar-refractivity contribution in [2.75, 3.05) is 14.2 Å². The van der Waals surface area contributed by atoms with E-state index in [1.165, 1.54) is 6.20 Å². The quantitative estimate of drug-likeness (QED) is 0.399. The molecule has 0 saturated carbocycles. The van der Waals surface area contributed by atoms with Crippen molar-refractivity contribution in [2.24, 2.45) is 0 Å². The second-order valence-electron chi connectivity index (χ2n) is 7.93. The third-order valence-corrected chi connectivity index (χ3v) is 5.69. The highest BCUT2D eigenvalue weighted by Gasteiger charge is 2.37. The van der Waals surface area contributed by atoms with E-state index < -0.39 is 11.8 Å². The van der Waals surface area contributed by atoms with Crippen LogP contribution in [0, 0.1) is 0 Å². The number of carboxylic acid groups (broad SMARTS) is 1. The van der Waals surface area contributed by atoms with Crippen LogP contribution in [0.2, 0.25) is 0 Å². The normalized spacial score (nSPS) is 11.6. The zero-order valence-corrected chi connectivity index (χ0v) is 19.7. The van der Waals surface area contributed by atoms with Gasteiger partial charge in [-0.05, 0) is 30.0 Å². The van der Waals surface area contributed by atoms with E-state index in [1.54, 1.807) is 26.4 Å². The number of unbranched alkanes of at least 4 members (excludes halogenated alkanes) is 1. The minimum Gasteiger partial charge on any atom is -0.476 e. The van der Waals surface area contributed by atoms with E-state index in [0.717, 1.165) is 42.6 Å². The Labute approximate surface area is 194 Å². The molecule has 0 unspecified atom stereocenters. The van der Waals surface area contributed by atoms with Crippen LogP contribution in [0.1, 0.15) is 67.2 Å². The first-order valence-electron chi connectivity index (χ1n) is 11.3. The van der Waals surface area contributed by atoms with Crippen LogP contribution in [-0.4, -0.2) is 45.0 Å². The molecule has 2 heterocycles. The van der Waals surface area contributed by atoms with E-state index in [0.29, 0.717) is 24.4 Å². The number of aryl methyl sites for hydroxylation is 1. The molecule has 3 rings (SSSR count). The number of hydrogen-bond donors (Lipinski definition) is 1. The van der Waals surface area contributed by atoms with Gasteiger partial charge in [0.15, 0.2) is 5.69 Å². The first-order valence-corrected chi connectivity index (χ1v) is 11.3. The van der Waals surface area contributed by atoms with Crippen molar-refractivity contribution in [3.05, 3.63) is 65.5 Å². The summed E-state index contributed by atoms with van der Waals surface area (Å²) in [5.41, 5.74) is 2.46. The number of benzene rings is 1. The molecule has 8 nitrogen and oxygen atoms in total. The van der Waals surface area contributed by atoms with Crippen LogP contribution in [0.15, 0.2) is 42.6 Å². The van der Waals surface area contributed by atoms with Gasteiger partial charge in [0.2, 0.25) is 11.6 Å². The standard InChI is InChI=1S/C25H32N4O4/c1-5-7-15-25(32-3,33-4)24-27-21(9-6-2)29(28-24)17-18-11-13-19(14-12-18)20-10-8-16-26-22(20)23(30)31/h8,10-14,16H,5-7,9,15,17H2,1-4H3,(H,30,31). The Balaban J connectivity index is 1.89. The molecule has 0 amide bonds. The van der Waals surface area contributed by atoms with Crippen LogP contribution >= 0.6 is 0 Å². The number of pyridine rings is 1. The second-order valence-corrected chi connectivity index (χ2v) is 7.93. The van der Waals surface area contributed by atoms with E-state index in [2.05, 4.69) is 18.8 Å². The van der Waals surface area contributed by atoms with Gasteiger partial charge >= 0.3 is 5.97 Å². The Hall–Kier alpha value is -3.10. The van der Waals surface area contributed by atoms with E-state index in [1.807, 2.05) is 28.9 Å². The number of ether oxygens (including phenoxy) is 2. The number of hydrogen-bond acceptors (Lipinski definition) is 6. The van der Waals surface area contributed by atoms with Crippen LogP contribution in [0.3, 0.4) is 0 Å². The number of aromatic carboxylic acids is 1. The molecule has 0 aliphatic rings. The lowest BCUT2D eigenvalue weighted by atomic mass is 10.0. The summed E-state index contributed by atoms with van der Waals surface area (Å²) < 4.78 is 13.4. The first-order chi connectivity index (χ1) is 16.0. The molecule has 0 fully saturated rings. The summed E-state index contributed by atoms with van der Waals surface area (Å²) >= 11 is 0. The van der Waals surface area contributed by atoms with Crippen LogP contribution in [-0.2, 0) is 28.2 Å². The van der Waals surface area contributed by atoms with E-state index in [4.69, 9.17) is 19.6 Å². The molecule has 0 radical (unpaired) electrons. The maximum absolute atomic E-state index is 11.5. The van der Waals surface area contributed by atoms with Gasteiger partial charge in [-0.2, -0.15) is 0 Å². The number of methoxy groups -OCH3 is 2. The summed E-state index contributed by atoms with van der Waals surface area (Å²) in [5.74, 6) is -0.576. The average molecular weight is 453 g/mol. The van der Waals surface area contributed by atoms with Crippen molar-refractivity contribution in [3.8, 4) is 11.1 Å². The van der Waals surface area contributed by atoms with Crippen LogP contribution in [0.25, 0.3) is 11.1 Å². The largest absolute Gasteiger partial charge is 0.476 e. The van der Waals surface area contributed by atoms with Crippen LogP contribution in [0.4, 0.5) is 0 Å². The molecule has 3 aromatic rings. The molecule has 0 saturated heterocycles. The Bertz CT molecular complexity index is 1060. The third-order valence-electron chi connectivity index (χ3n) is 5.69. The summed E-state index contributed by atoms with van der Waals surface area (Å²) in [6, 6.07) is 11.3. The van der Waals surface area contributed by atoms with Gasteiger partial charge in [-0.25, -0.2) is 19.4 Å². The average Bonchev–Trinajstić information content (AvgIpc) is 3.23. The molecule has 176 valence electrons. The lowest BCUT2D eigenvalue weighted by Gasteiger charge is -2.27. The Morgan fingerprint density at radius 1 is 1.09 bits per heavy atom.